The maximum Gasteiger partial charge on any atom is 0.427 e. The van der Waals surface area contributed by atoms with Gasteiger partial charge in [-0.05, 0) is 33.3 Å². The zero-order valence-corrected chi connectivity index (χ0v) is 13.7. The van der Waals surface area contributed by atoms with E-state index in [1.807, 2.05) is 30.3 Å². The second-order valence-electron chi connectivity index (χ2n) is 6.36. The molecule has 124 valence electrons. The van der Waals surface area contributed by atoms with Crippen LogP contribution < -0.4 is 5.43 Å². The van der Waals surface area contributed by atoms with Crippen LogP contribution in [0.1, 0.15) is 33.3 Å². The molecule has 23 heavy (non-hydrogen) atoms. The molecule has 1 atom stereocenters. The number of hydrogen-bond donors (Lipinski definition) is 1. The Morgan fingerprint density at radius 1 is 1.22 bits per heavy atom. The van der Waals surface area contributed by atoms with Crippen molar-refractivity contribution in [1.29, 1.82) is 0 Å². The van der Waals surface area contributed by atoms with Crippen LogP contribution in [-0.2, 0) is 16.1 Å². The van der Waals surface area contributed by atoms with E-state index in [1.165, 1.54) is 4.90 Å². The molecule has 1 unspecified atom stereocenters. The number of amides is 4. The van der Waals surface area contributed by atoms with Crippen molar-refractivity contribution >= 4 is 18.0 Å². The third kappa shape index (κ3) is 4.00. The van der Waals surface area contributed by atoms with Gasteiger partial charge in [-0.3, -0.25) is 4.79 Å². The smallest absolute Gasteiger partial charge is 0.427 e. The molecule has 0 bridgehead atoms. The lowest BCUT2D eigenvalue weighted by Crippen LogP contribution is -2.48. The molecule has 1 aromatic rings. The van der Waals surface area contributed by atoms with Gasteiger partial charge in [0.05, 0.1) is 0 Å². The van der Waals surface area contributed by atoms with E-state index in [0.717, 1.165) is 5.56 Å². The first-order chi connectivity index (χ1) is 10.7. The Hall–Kier alpha value is -2.57. The molecule has 1 aliphatic rings. The summed E-state index contributed by atoms with van der Waals surface area (Å²) in [6.45, 7) is 7.01. The highest BCUT2D eigenvalue weighted by atomic mass is 16.6. The number of imide groups is 1. The lowest BCUT2D eigenvalue weighted by Gasteiger charge is -2.22. The molecule has 2 rings (SSSR count). The molecule has 0 aromatic heterocycles. The van der Waals surface area contributed by atoms with E-state index in [0.29, 0.717) is 11.6 Å². The van der Waals surface area contributed by atoms with Crippen LogP contribution in [0.4, 0.5) is 9.59 Å². The Balaban J connectivity index is 2.07. The zero-order valence-electron chi connectivity index (χ0n) is 13.7. The van der Waals surface area contributed by atoms with Crippen molar-refractivity contribution in [2.24, 2.45) is 0 Å². The van der Waals surface area contributed by atoms with E-state index in [4.69, 9.17) is 4.74 Å². The van der Waals surface area contributed by atoms with Crippen molar-refractivity contribution in [1.82, 2.24) is 15.3 Å². The fourth-order valence-electron chi connectivity index (χ4n) is 2.19. The molecule has 1 fully saturated rings. The van der Waals surface area contributed by atoms with Gasteiger partial charge in [0.2, 0.25) is 0 Å². The lowest BCUT2D eigenvalue weighted by molar-refractivity contribution is -0.130. The molecule has 4 amide bonds. The number of ether oxygens (including phenoxy) is 1. The topological polar surface area (TPSA) is 79.0 Å². The largest absolute Gasteiger partial charge is 0.443 e. The molecule has 0 saturated carbocycles. The number of benzene rings is 1. The number of rotatable bonds is 3. The Labute approximate surface area is 135 Å². The van der Waals surface area contributed by atoms with Crippen LogP contribution in [0.3, 0.4) is 0 Å². The van der Waals surface area contributed by atoms with Crippen molar-refractivity contribution in [3.05, 3.63) is 35.9 Å². The minimum atomic E-state index is -0.840. The number of carbonyl (C=O) groups excluding carboxylic acids is 3. The van der Waals surface area contributed by atoms with Gasteiger partial charge in [0.25, 0.3) is 5.91 Å². The van der Waals surface area contributed by atoms with Crippen LogP contribution in [0.5, 0.6) is 0 Å². The molecule has 1 aliphatic heterocycles. The lowest BCUT2D eigenvalue weighted by atomic mass is 10.2. The molecule has 1 heterocycles. The van der Waals surface area contributed by atoms with E-state index in [1.54, 1.807) is 27.7 Å². The van der Waals surface area contributed by atoms with Crippen LogP contribution in [0.25, 0.3) is 0 Å². The Morgan fingerprint density at radius 2 is 1.83 bits per heavy atom. The van der Waals surface area contributed by atoms with Crippen LogP contribution >= 0.6 is 0 Å². The molecular weight excluding hydrogens is 298 g/mol. The van der Waals surface area contributed by atoms with Crippen molar-refractivity contribution in [3.63, 3.8) is 0 Å². The van der Waals surface area contributed by atoms with Gasteiger partial charge in [0.15, 0.2) is 0 Å². The number of carbonyl (C=O) groups is 3. The van der Waals surface area contributed by atoms with Gasteiger partial charge in [-0.15, -0.1) is 0 Å². The van der Waals surface area contributed by atoms with Gasteiger partial charge in [-0.2, -0.15) is 5.01 Å². The third-order valence-corrected chi connectivity index (χ3v) is 3.28. The molecule has 0 spiro atoms. The van der Waals surface area contributed by atoms with Gasteiger partial charge in [0.1, 0.15) is 11.6 Å². The van der Waals surface area contributed by atoms with E-state index >= 15 is 0 Å². The van der Waals surface area contributed by atoms with Gasteiger partial charge < -0.3 is 9.64 Å². The SMILES string of the molecule is CC1C(=O)N(NC(=O)OC(C)(C)C)C(=O)N1Cc1ccccc1. The monoisotopic (exact) mass is 319 g/mol. The van der Waals surface area contributed by atoms with Gasteiger partial charge >= 0.3 is 12.1 Å². The average Bonchev–Trinajstić information content (AvgIpc) is 2.64. The number of hydrogen-bond acceptors (Lipinski definition) is 4. The minimum Gasteiger partial charge on any atom is -0.443 e. The molecule has 7 nitrogen and oxygen atoms in total. The highest BCUT2D eigenvalue weighted by molar-refractivity contribution is 6.04. The summed E-state index contributed by atoms with van der Waals surface area (Å²) in [4.78, 5) is 37.8. The number of urea groups is 1. The van der Waals surface area contributed by atoms with Crippen LogP contribution in [-0.4, -0.2) is 39.6 Å². The van der Waals surface area contributed by atoms with E-state index in [9.17, 15) is 14.4 Å². The van der Waals surface area contributed by atoms with Crippen LogP contribution in [0, 0.1) is 0 Å². The molecular formula is C16H21N3O4. The van der Waals surface area contributed by atoms with E-state index < -0.39 is 29.7 Å². The molecule has 1 aromatic carbocycles. The maximum atomic E-state index is 12.4. The number of hydrazine groups is 1. The summed E-state index contributed by atoms with van der Waals surface area (Å²) >= 11 is 0. The highest BCUT2D eigenvalue weighted by Gasteiger charge is 2.44. The fraction of sp³-hybridized carbons (Fsp3) is 0.438. The van der Waals surface area contributed by atoms with E-state index in [2.05, 4.69) is 5.43 Å². The summed E-state index contributed by atoms with van der Waals surface area (Å²) in [6, 6.07) is 8.11. The van der Waals surface area contributed by atoms with Gasteiger partial charge in [-0.25, -0.2) is 15.0 Å². The van der Waals surface area contributed by atoms with Crippen LogP contribution in [0.15, 0.2) is 30.3 Å². The predicted octanol–water partition coefficient (Wildman–Crippen LogP) is 2.28. The first-order valence-electron chi connectivity index (χ1n) is 7.37. The van der Waals surface area contributed by atoms with Crippen molar-refractivity contribution in [2.45, 2.75) is 45.9 Å². The Bertz CT molecular complexity index is 610. The fourth-order valence-corrected chi connectivity index (χ4v) is 2.19. The summed E-state index contributed by atoms with van der Waals surface area (Å²) in [7, 11) is 0. The average molecular weight is 319 g/mol. The number of nitrogens with one attached hydrogen (secondary N) is 1. The maximum absolute atomic E-state index is 12.4. The zero-order chi connectivity index (χ0) is 17.2. The summed E-state index contributed by atoms with van der Waals surface area (Å²) in [5, 5.41) is 0.710. The second-order valence-corrected chi connectivity index (χ2v) is 6.36. The van der Waals surface area contributed by atoms with Crippen molar-refractivity contribution in [2.75, 3.05) is 0 Å². The Morgan fingerprint density at radius 3 is 2.39 bits per heavy atom. The van der Waals surface area contributed by atoms with Crippen LogP contribution in [0.2, 0.25) is 0 Å². The summed E-state index contributed by atoms with van der Waals surface area (Å²) in [6.07, 6.45) is -0.840. The standard InChI is InChI=1S/C16H21N3O4/c1-11-13(20)19(17-14(21)23-16(2,3)4)15(22)18(11)10-12-8-6-5-7-9-12/h5-9,11H,10H2,1-4H3,(H,17,21). The Kier molecular flexibility index (Phi) is 4.58. The second kappa shape index (κ2) is 6.28. The first-order valence-corrected chi connectivity index (χ1v) is 7.37. The number of nitrogens with zero attached hydrogens (tertiary/aromatic N) is 2. The van der Waals surface area contributed by atoms with Crippen molar-refractivity contribution < 1.29 is 19.1 Å². The third-order valence-electron chi connectivity index (χ3n) is 3.28. The molecule has 1 N–H and O–H groups in total. The summed E-state index contributed by atoms with van der Waals surface area (Å²) < 4.78 is 5.07. The minimum absolute atomic E-state index is 0.291. The van der Waals surface area contributed by atoms with Gasteiger partial charge in [-0.1, -0.05) is 30.3 Å². The molecule has 0 radical (unpaired) electrons. The normalized spacial score (nSPS) is 18.3. The molecule has 0 aliphatic carbocycles. The quantitative estimate of drug-likeness (QED) is 0.867. The predicted molar refractivity (Wildman–Crippen MR) is 83.1 cm³/mol. The molecule has 7 heteroatoms. The summed E-state index contributed by atoms with van der Waals surface area (Å²) in [5.74, 6) is -0.489. The van der Waals surface area contributed by atoms with Crippen molar-refractivity contribution in [3.8, 4) is 0 Å². The first kappa shape index (κ1) is 16.8. The van der Waals surface area contributed by atoms with E-state index in [-0.39, 0.29) is 0 Å². The molecule has 1 saturated heterocycles. The highest BCUT2D eigenvalue weighted by Crippen LogP contribution is 2.19. The summed E-state index contributed by atoms with van der Waals surface area (Å²) in [5.41, 5.74) is 2.40. The van der Waals surface area contributed by atoms with Gasteiger partial charge in [0, 0.05) is 6.54 Å².